The van der Waals surface area contributed by atoms with E-state index in [0.717, 1.165) is 6.26 Å². The molecule has 0 radical (unpaired) electrons. The van der Waals surface area contributed by atoms with Crippen molar-refractivity contribution in [1.82, 2.24) is 0 Å². The van der Waals surface area contributed by atoms with Gasteiger partial charge in [-0.1, -0.05) is 6.08 Å². The lowest BCUT2D eigenvalue weighted by Gasteiger charge is -2.00. The summed E-state index contributed by atoms with van der Waals surface area (Å²) in [6.45, 7) is 3.29. The number of aliphatic hydroxyl groups excluding tert-OH is 1. The Labute approximate surface area is 58.3 Å². The zero-order chi connectivity index (χ0) is 7.98. The second-order valence-corrected chi connectivity index (χ2v) is 1.55. The normalized spacial score (nSPS) is 11.2. The van der Waals surface area contributed by atoms with Gasteiger partial charge in [-0.3, -0.25) is 0 Å². The molecule has 0 bridgehead atoms. The number of carbonyl (C=O) groups excluding carboxylic acids is 1. The number of aliphatic hydroxyl groups is 1. The van der Waals surface area contributed by atoms with Crippen LogP contribution in [0.4, 0.5) is 0 Å². The SMILES string of the molecule is C=CCC(O)C(=O)OC#N. The highest BCUT2D eigenvalue weighted by atomic mass is 16.5. The molecule has 0 aromatic heterocycles. The van der Waals surface area contributed by atoms with Gasteiger partial charge in [-0.25, -0.2) is 4.79 Å². The van der Waals surface area contributed by atoms with E-state index in [9.17, 15) is 4.79 Å². The van der Waals surface area contributed by atoms with Crippen LogP contribution in [0.5, 0.6) is 0 Å². The van der Waals surface area contributed by atoms with Crippen LogP contribution in [0, 0.1) is 11.5 Å². The number of ether oxygens (including phenoxy) is 1. The molecule has 0 aliphatic carbocycles. The van der Waals surface area contributed by atoms with Gasteiger partial charge in [-0.15, -0.1) is 11.8 Å². The minimum absolute atomic E-state index is 0.0977. The molecule has 0 saturated heterocycles. The summed E-state index contributed by atoms with van der Waals surface area (Å²) < 4.78 is 3.83. The number of carbonyl (C=O) groups is 1. The summed E-state index contributed by atoms with van der Waals surface area (Å²) in [4.78, 5) is 10.4. The van der Waals surface area contributed by atoms with E-state index in [-0.39, 0.29) is 6.42 Å². The molecule has 0 saturated carbocycles. The zero-order valence-corrected chi connectivity index (χ0v) is 5.28. The first-order valence-electron chi connectivity index (χ1n) is 2.61. The van der Waals surface area contributed by atoms with Crippen molar-refractivity contribution in [3.63, 3.8) is 0 Å². The van der Waals surface area contributed by atoms with Crippen molar-refractivity contribution in [2.45, 2.75) is 12.5 Å². The monoisotopic (exact) mass is 141 g/mol. The average molecular weight is 141 g/mol. The van der Waals surface area contributed by atoms with Crippen molar-refractivity contribution in [1.29, 1.82) is 5.26 Å². The van der Waals surface area contributed by atoms with E-state index in [1.54, 1.807) is 0 Å². The highest BCUT2D eigenvalue weighted by molar-refractivity contribution is 5.75. The molecule has 0 aromatic carbocycles. The lowest BCUT2D eigenvalue weighted by atomic mass is 10.2. The fourth-order valence-corrected chi connectivity index (χ4v) is 0.367. The predicted octanol–water partition coefficient (Wildman–Crippen LogP) is -0.0523. The van der Waals surface area contributed by atoms with Crippen LogP contribution in [-0.2, 0) is 9.53 Å². The molecule has 54 valence electrons. The summed E-state index contributed by atoms with van der Waals surface area (Å²) >= 11 is 0. The lowest BCUT2D eigenvalue weighted by Crippen LogP contribution is -2.20. The number of nitrogens with zero attached hydrogens (tertiary/aromatic N) is 1. The molecule has 1 atom stereocenters. The molecule has 1 N–H and O–H groups in total. The largest absolute Gasteiger partial charge is 0.381 e. The smallest absolute Gasteiger partial charge is 0.350 e. The molecule has 0 amide bonds. The van der Waals surface area contributed by atoms with Crippen LogP contribution >= 0.6 is 0 Å². The molecule has 1 unspecified atom stereocenters. The van der Waals surface area contributed by atoms with Crippen molar-refractivity contribution in [2.24, 2.45) is 0 Å². The fourth-order valence-electron chi connectivity index (χ4n) is 0.367. The molecule has 0 heterocycles. The topological polar surface area (TPSA) is 70.3 Å². The molecule has 0 aliphatic heterocycles. The van der Waals surface area contributed by atoms with Crippen LogP contribution in [0.2, 0.25) is 0 Å². The Morgan fingerprint density at radius 1 is 2.00 bits per heavy atom. The number of hydrogen-bond acceptors (Lipinski definition) is 4. The van der Waals surface area contributed by atoms with E-state index >= 15 is 0 Å². The second-order valence-electron chi connectivity index (χ2n) is 1.55. The van der Waals surface area contributed by atoms with Crippen molar-refractivity contribution >= 4 is 5.97 Å². The van der Waals surface area contributed by atoms with Gasteiger partial charge in [-0.2, -0.15) is 0 Å². The third-order valence-electron chi connectivity index (χ3n) is 0.808. The van der Waals surface area contributed by atoms with Crippen molar-refractivity contribution in [2.75, 3.05) is 0 Å². The summed E-state index contributed by atoms with van der Waals surface area (Å²) in [5, 5.41) is 16.6. The van der Waals surface area contributed by atoms with Crippen LogP contribution in [0.25, 0.3) is 0 Å². The number of esters is 1. The number of hydrogen-bond donors (Lipinski definition) is 1. The Kier molecular flexibility index (Phi) is 3.92. The van der Waals surface area contributed by atoms with Crippen LogP contribution in [0.15, 0.2) is 12.7 Å². The Balaban J connectivity index is 3.72. The Morgan fingerprint density at radius 2 is 2.60 bits per heavy atom. The molecular formula is C6H7NO3. The van der Waals surface area contributed by atoms with Gasteiger partial charge in [-0.05, 0) is 0 Å². The first kappa shape index (κ1) is 8.66. The number of rotatable bonds is 3. The summed E-state index contributed by atoms with van der Waals surface area (Å²) in [5.74, 6) is -0.942. The van der Waals surface area contributed by atoms with E-state index < -0.39 is 12.1 Å². The van der Waals surface area contributed by atoms with Crippen molar-refractivity contribution < 1.29 is 14.6 Å². The zero-order valence-electron chi connectivity index (χ0n) is 5.28. The van der Waals surface area contributed by atoms with E-state index in [2.05, 4.69) is 11.3 Å². The van der Waals surface area contributed by atoms with E-state index in [1.165, 1.54) is 6.08 Å². The maximum atomic E-state index is 10.4. The first-order valence-corrected chi connectivity index (χ1v) is 2.61. The minimum Gasteiger partial charge on any atom is -0.381 e. The molecule has 0 fully saturated rings. The molecule has 10 heavy (non-hydrogen) atoms. The van der Waals surface area contributed by atoms with Gasteiger partial charge in [0.25, 0.3) is 6.26 Å². The van der Waals surface area contributed by atoms with Gasteiger partial charge in [0.1, 0.15) is 0 Å². The molecule has 0 aromatic rings. The molecule has 0 spiro atoms. The Morgan fingerprint density at radius 3 is 3.00 bits per heavy atom. The summed E-state index contributed by atoms with van der Waals surface area (Å²) in [6.07, 6.45) is 1.36. The van der Waals surface area contributed by atoms with Gasteiger partial charge in [0.05, 0.1) is 0 Å². The maximum absolute atomic E-state index is 10.4. The van der Waals surface area contributed by atoms with Gasteiger partial charge in [0, 0.05) is 6.42 Å². The average Bonchev–Trinajstić information content (AvgIpc) is 1.89. The molecule has 4 heteroatoms. The highest BCUT2D eigenvalue weighted by Crippen LogP contribution is 1.93. The van der Waals surface area contributed by atoms with E-state index in [1.807, 2.05) is 0 Å². The Bertz CT molecular complexity index is 170. The molecule has 0 aliphatic rings. The van der Waals surface area contributed by atoms with Crippen LogP contribution in [0.1, 0.15) is 6.42 Å². The van der Waals surface area contributed by atoms with Gasteiger partial charge >= 0.3 is 5.97 Å². The first-order chi connectivity index (χ1) is 4.72. The van der Waals surface area contributed by atoms with Crippen molar-refractivity contribution in [3.8, 4) is 6.26 Å². The quantitative estimate of drug-likeness (QED) is 0.340. The fraction of sp³-hybridized carbons (Fsp3) is 0.333. The van der Waals surface area contributed by atoms with E-state index in [0.29, 0.717) is 0 Å². The molecular weight excluding hydrogens is 134 g/mol. The van der Waals surface area contributed by atoms with Crippen molar-refractivity contribution in [3.05, 3.63) is 12.7 Å². The van der Waals surface area contributed by atoms with Crippen LogP contribution in [0.3, 0.4) is 0 Å². The maximum Gasteiger partial charge on any atom is 0.350 e. The highest BCUT2D eigenvalue weighted by Gasteiger charge is 2.13. The second kappa shape index (κ2) is 4.53. The Hall–Kier alpha value is -1.34. The summed E-state index contributed by atoms with van der Waals surface area (Å²) in [5.41, 5.74) is 0. The third kappa shape index (κ3) is 2.84. The number of nitriles is 1. The summed E-state index contributed by atoms with van der Waals surface area (Å²) in [7, 11) is 0. The molecule has 0 rings (SSSR count). The van der Waals surface area contributed by atoms with Gasteiger partial charge in [0.2, 0.25) is 0 Å². The predicted molar refractivity (Wildman–Crippen MR) is 32.5 cm³/mol. The molecule has 4 nitrogen and oxygen atoms in total. The third-order valence-corrected chi connectivity index (χ3v) is 0.808. The van der Waals surface area contributed by atoms with Gasteiger partial charge in [0.15, 0.2) is 6.10 Å². The van der Waals surface area contributed by atoms with Crippen LogP contribution in [-0.4, -0.2) is 17.2 Å². The lowest BCUT2D eigenvalue weighted by molar-refractivity contribution is -0.146. The van der Waals surface area contributed by atoms with Crippen LogP contribution < -0.4 is 0 Å². The van der Waals surface area contributed by atoms with E-state index in [4.69, 9.17) is 10.4 Å². The summed E-state index contributed by atoms with van der Waals surface area (Å²) in [6, 6.07) is 0. The minimum atomic E-state index is -1.27. The standard InChI is InChI=1S/C6H7NO3/c1-2-3-5(8)6(9)10-4-7/h2,5,8H,1,3H2. The van der Waals surface area contributed by atoms with Gasteiger partial charge < -0.3 is 9.84 Å².